The number of carbonyl (C=O) groups excluding carboxylic acids is 1. The molecule has 8 nitrogen and oxygen atoms in total. The number of rotatable bonds is 7. The van der Waals surface area contributed by atoms with Gasteiger partial charge in [-0.3, -0.25) is 18.7 Å². The molecule has 0 bridgehead atoms. The van der Waals surface area contributed by atoms with Crippen LogP contribution in [0.4, 0.5) is 4.39 Å². The molecule has 1 aliphatic heterocycles. The third-order valence-corrected chi connectivity index (χ3v) is 5.91. The Balaban J connectivity index is 1.36. The summed E-state index contributed by atoms with van der Waals surface area (Å²) in [6, 6.07) is 18.2. The van der Waals surface area contributed by atoms with Crippen LogP contribution >= 0.6 is 0 Å². The second-order valence-corrected chi connectivity index (χ2v) is 8.15. The predicted octanol–water partition coefficient (Wildman–Crippen LogP) is 2.79. The van der Waals surface area contributed by atoms with Crippen molar-refractivity contribution in [2.24, 2.45) is 0 Å². The van der Waals surface area contributed by atoms with Gasteiger partial charge in [0.25, 0.3) is 5.56 Å². The molecule has 0 saturated carbocycles. The summed E-state index contributed by atoms with van der Waals surface area (Å²) in [7, 11) is 0. The van der Waals surface area contributed by atoms with Crippen molar-refractivity contribution in [2.45, 2.75) is 26.1 Å². The smallest absolute Gasteiger partial charge is 0.331 e. The number of nitrogens with zero attached hydrogens (tertiary/aromatic N) is 2. The van der Waals surface area contributed by atoms with Gasteiger partial charge in [0.05, 0.1) is 17.4 Å². The van der Waals surface area contributed by atoms with E-state index in [1.54, 1.807) is 54.6 Å². The van der Waals surface area contributed by atoms with E-state index in [0.29, 0.717) is 28.0 Å². The quantitative estimate of drug-likeness (QED) is 0.444. The predicted molar refractivity (Wildman–Crippen MR) is 127 cm³/mol. The molecule has 0 saturated heterocycles. The molecule has 5 rings (SSSR count). The lowest BCUT2D eigenvalue weighted by Crippen LogP contribution is -2.41. The number of hydrogen-bond donors (Lipinski definition) is 1. The Hall–Kier alpha value is -4.40. The highest BCUT2D eigenvalue weighted by atomic mass is 19.1. The third-order valence-electron chi connectivity index (χ3n) is 5.91. The topological polar surface area (TPSA) is 91.6 Å². The second kappa shape index (κ2) is 9.46. The first-order valence-corrected chi connectivity index (χ1v) is 11.1. The maximum Gasteiger partial charge on any atom is 0.331 e. The molecule has 0 spiro atoms. The van der Waals surface area contributed by atoms with Gasteiger partial charge in [-0.05, 0) is 35.9 Å². The van der Waals surface area contributed by atoms with Gasteiger partial charge in [-0.15, -0.1) is 0 Å². The van der Waals surface area contributed by atoms with Gasteiger partial charge in [-0.25, -0.2) is 9.18 Å². The van der Waals surface area contributed by atoms with Gasteiger partial charge >= 0.3 is 5.69 Å². The molecule has 0 unspecified atom stereocenters. The van der Waals surface area contributed by atoms with E-state index in [1.807, 2.05) is 6.07 Å². The standard InChI is InChI=1S/C26H22FN3O5/c27-20-7-3-1-5-18(20)15-30-21-8-4-2-6-19(21)25(32)29(26(30)33)12-11-24(31)28-14-17-9-10-22-23(13-17)35-16-34-22/h1-10,13H,11-12,14-16H2,(H,28,31). The fraction of sp³-hybridized carbons (Fsp3) is 0.192. The van der Waals surface area contributed by atoms with Crippen LogP contribution in [0.5, 0.6) is 11.5 Å². The number of amides is 1. The van der Waals surface area contributed by atoms with E-state index in [9.17, 15) is 18.8 Å². The van der Waals surface area contributed by atoms with Gasteiger partial charge in [0.2, 0.25) is 12.7 Å². The van der Waals surface area contributed by atoms with Crippen molar-refractivity contribution < 1.29 is 18.7 Å². The van der Waals surface area contributed by atoms with Crippen molar-refractivity contribution in [3.05, 3.63) is 105 Å². The summed E-state index contributed by atoms with van der Waals surface area (Å²) in [5.74, 6) is 0.518. The van der Waals surface area contributed by atoms with Gasteiger partial charge in [-0.1, -0.05) is 36.4 Å². The molecule has 0 fully saturated rings. The monoisotopic (exact) mass is 475 g/mol. The number of hydrogen-bond acceptors (Lipinski definition) is 5. The van der Waals surface area contributed by atoms with Gasteiger partial charge in [0.15, 0.2) is 11.5 Å². The molecule has 0 aliphatic carbocycles. The van der Waals surface area contributed by atoms with E-state index >= 15 is 0 Å². The summed E-state index contributed by atoms with van der Waals surface area (Å²) in [5.41, 5.74) is 0.484. The molecular formula is C26H22FN3O5. The molecule has 3 aromatic carbocycles. The Morgan fingerprint density at radius 2 is 1.71 bits per heavy atom. The zero-order valence-electron chi connectivity index (χ0n) is 18.7. The molecular weight excluding hydrogens is 453 g/mol. The van der Waals surface area contributed by atoms with E-state index in [-0.39, 0.29) is 38.8 Å². The zero-order chi connectivity index (χ0) is 24.4. The summed E-state index contributed by atoms with van der Waals surface area (Å²) in [5, 5.41) is 3.11. The van der Waals surface area contributed by atoms with Crippen LogP contribution in [0.15, 0.2) is 76.3 Å². The Labute approximate surface area is 199 Å². The molecule has 9 heteroatoms. The van der Waals surface area contributed by atoms with Gasteiger partial charge in [0.1, 0.15) is 5.82 Å². The lowest BCUT2D eigenvalue weighted by Gasteiger charge is -2.14. The van der Waals surface area contributed by atoms with Crippen molar-refractivity contribution in [1.82, 2.24) is 14.5 Å². The highest BCUT2D eigenvalue weighted by Crippen LogP contribution is 2.32. The minimum Gasteiger partial charge on any atom is -0.454 e. The van der Waals surface area contributed by atoms with Crippen LogP contribution in [0.3, 0.4) is 0 Å². The Bertz CT molecular complexity index is 1540. The number of halogens is 1. The molecule has 1 N–H and O–H groups in total. The summed E-state index contributed by atoms with van der Waals surface area (Å²) in [6.07, 6.45) is -0.0717. The Kier molecular flexibility index (Phi) is 6.05. The van der Waals surface area contributed by atoms with Crippen LogP contribution < -0.4 is 26.0 Å². The van der Waals surface area contributed by atoms with Gasteiger partial charge in [-0.2, -0.15) is 0 Å². The summed E-state index contributed by atoms with van der Waals surface area (Å²) < 4.78 is 27.3. The normalized spacial score (nSPS) is 12.1. The van der Waals surface area contributed by atoms with Crippen LogP contribution in [-0.4, -0.2) is 21.8 Å². The van der Waals surface area contributed by atoms with Crippen LogP contribution in [0.1, 0.15) is 17.5 Å². The maximum absolute atomic E-state index is 14.3. The number of para-hydroxylation sites is 1. The van der Waals surface area contributed by atoms with Crippen molar-refractivity contribution in [3.63, 3.8) is 0 Å². The summed E-state index contributed by atoms with van der Waals surface area (Å²) >= 11 is 0. The maximum atomic E-state index is 14.3. The highest BCUT2D eigenvalue weighted by Gasteiger charge is 2.16. The lowest BCUT2D eigenvalue weighted by molar-refractivity contribution is -0.121. The van der Waals surface area contributed by atoms with E-state index in [2.05, 4.69) is 5.32 Å². The fourth-order valence-corrected chi connectivity index (χ4v) is 4.07. The van der Waals surface area contributed by atoms with Crippen molar-refractivity contribution >= 4 is 16.8 Å². The highest BCUT2D eigenvalue weighted by molar-refractivity contribution is 5.78. The van der Waals surface area contributed by atoms with Crippen LogP contribution in [0.2, 0.25) is 0 Å². The summed E-state index contributed by atoms with van der Waals surface area (Å²) in [6.45, 7) is 0.287. The third kappa shape index (κ3) is 4.52. The lowest BCUT2D eigenvalue weighted by atomic mass is 10.2. The van der Waals surface area contributed by atoms with E-state index in [0.717, 1.165) is 10.1 Å². The number of carbonyl (C=O) groups is 1. The molecule has 1 aliphatic rings. The van der Waals surface area contributed by atoms with Crippen LogP contribution in [-0.2, 0) is 24.4 Å². The van der Waals surface area contributed by atoms with Crippen molar-refractivity contribution in [2.75, 3.05) is 6.79 Å². The van der Waals surface area contributed by atoms with Crippen LogP contribution in [0, 0.1) is 5.82 Å². The van der Waals surface area contributed by atoms with E-state index < -0.39 is 17.1 Å². The molecule has 1 amide bonds. The first kappa shape index (κ1) is 22.4. The van der Waals surface area contributed by atoms with Crippen molar-refractivity contribution in [3.8, 4) is 11.5 Å². The van der Waals surface area contributed by atoms with Gasteiger partial charge < -0.3 is 14.8 Å². The first-order valence-electron chi connectivity index (χ1n) is 11.1. The SMILES string of the molecule is O=C(CCn1c(=O)c2ccccc2n(Cc2ccccc2F)c1=O)NCc1ccc2c(c1)OCO2. The zero-order valence-corrected chi connectivity index (χ0v) is 18.7. The average Bonchev–Trinajstić information content (AvgIpc) is 3.34. The number of ether oxygens (including phenoxy) is 2. The second-order valence-electron chi connectivity index (χ2n) is 8.15. The number of nitrogens with one attached hydrogen (secondary N) is 1. The molecule has 1 aromatic heterocycles. The van der Waals surface area contributed by atoms with E-state index in [4.69, 9.17) is 9.47 Å². The molecule has 0 atom stereocenters. The molecule has 178 valence electrons. The van der Waals surface area contributed by atoms with Gasteiger partial charge in [0, 0.05) is 25.1 Å². The minimum absolute atomic E-state index is 0.0391. The molecule has 4 aromatic rings. The minimum atomic E-state index is -0.597. The summed E-state index contributed by atoms with van der Waals surface area (Å²) in [4.78, 5) is 38.8. The van der Waals surface area contributed by atoms with Crippen LogP contribution in [0.25, 0.3) is 10.9 Å². The first-order chi connectivity index (χ1) is 17.0. The number of aromatic nitrogens is 2. The van der Waals surface area contributed by atoms with Crippen molar-refractivity contribution in [1.29, 1.82) is 0 Å². The molecule has 35 heavy (non-hydrogen) atoms. The largest absolute Gasteiger partial charge is 0.454 e. The molecule has 0 radical (unpaired) electrons. The number of benzene rings is 3. The fourth-order valence-electron chi connectivity index (χ4n) is 4.07. The Morgan fingerprint density at radius 3 is 2.57 bits per heavy atom. The average molecular weight is 475 g/mol. The molecule has 2 heterocycles. The van der Waals surface area contributed by atoms with E-state index in [1.165, 1.54) is 10.6 Å². The Morgan fingerprint density at radius 1 is 0.943 bits per heavy atom. The number of fused-ring (bicyclic) bond motifs is 2.